The highest BCUT2D eigenvalue weighted by Gasteiger charge is 2.16. The second-order valence-electron chi connectivity index (χ2n) is 3.65. The van der Waals surface area contributed by atoms with E-state index >= 15 is 0 Å². The number of thiazole rings is 1. The molecule has 0 saturated carbocycles. The fourth-order valence-corrected chi connectivity index (χ4v) is 2.61. The summed E-state index contributed by atoms with van der Waals surface area (Å²) in [4.78, 5) is 9.69. The standard InChI is InChI=1S/C12H14ClN3S/c1-2-15-11(6-9-7-14-8-17-9)12-10(13)4-3-5-16-12/h3-5,7-8,11,15H,2,6H2,1H3. The molecule has 90 valence electrons. The maximum atomic E-state index is 6.18. The van der Waals surface area contributed by atoms with Gasteiger partial charge < -0.3 is 5.32 Å². The van der Waals surface area contributed by atoms with Crippen molar-refractivity contribution < 1.29 is 0 Å². The number of nitrogens with one attached hydrogen (secondary N) is 1. The minimum atomic E-state index is 0.147. The molecule has 2 rings (SSSR count). The number of likely N-dealkylation sites (N-methyl/N-ethyl adjacent to an activating group) is 1. The summed E-state index contributed by atoms with van der Waals surface area (Å²) < 4.78 is 0. The van der Waals surface area contributed by atoms with Crippen LogP contribution in [0.1, 0.15) is 23.5 Å². The maximum absolute atomic E-state index is 6.18. The predicted molar refractivity (Wildman–Crippen MR) is 71.5 cm³/mol. The lowest BCUT2D eigenvalue weighted by Crippen LogP contribution is -2.23. The molecule has 5 heteroatoms. The molecule has 0 aliphatic heterocycles. The molecule has 0 fully saturated rings. The van der Waals surface area contributed by atoms with E-state index in [1.165, 1.54) is 4.88 Å². The van der Waals surface area contributed by atoms with Crippen LogP contribution in [0, 0.1) is 0 Å². The second-order valence-corrected chi connectivity index (χ2v) is 5.03. The lowest BCUT2D eigenvalue weighted by molar-refractivity contribution is 0.540. The first-order chi connectivity index (χ1) is 8.31. The SMILES string of the molecule is CCNC(Cc1cncs1)c1ncccc1Cl. The van der Waals surface area contributed by atoms with Crippen LogP contribution >= 0.6 is 22.9 Å². The van der Waals surface area contributed by atoms with E-state index in [0.717, 1.165) is 18.7 Å². The van der Waals surface area contributed by atoms with Gasteiger partial charge in [-0.2, -0.15) is 0 Å². The summed E-state index contributed by atoms with van der Waals surface area (Å²) in [6.07, 6.45) is 4.54. The average Bonchev–Trinajstić information content (AvgIpc) is 2.82. The highest BCUT2D eigenvalue weighted by molar-refractivity contribution is 7.09. The van der Waals surface area contributed by atoms with Gasteiger partial charge in [0.15, 0.2) is 0 Å². The average molecular weight is 268 g/mol. The maximum Gasteiger partial charge on any atom is 0.0794 e. The molecule has 2 heterocycles. The number of halogens is 1. The third-order valence-electron chi connectivity index (χ3n) is 2.46. The summed E-state index contributed by atoms with van der Waals surface area (Å²) >= 11 is 7.84. The first-order valence-corrected chi connectivity index (χ1v) is 6.78. The zero-order valence-corrected chi connectivity index (χ0v) is 11.1. The molecule has 0 aliphatic carbocycles. The Hall–Kier alpha value is -0.970. The van der Waals surface area contributed by atoms with Crippen molar-refractivity contribution in [3.05, 3.63) is 45.6 Å². The fraction of sp³-hybridized carbons (Fsp3) is 0.333. The summed E-state index contributed by atoms with van der Waals surface area (Å²) in [6, 6.07) is 3.87. The predicted octanol–water partition coefficient (Wildman–Crippen LogP) is 3.08. The van der Waals surface area contributed by atoms with Gasteiger partial charge in [0, 0.05) is 23.7 Å². The van der Waals surface area contributed by atoms with Crippen molar-refractivity contribution in [2.24, 2.45) is 0 Å². The van der Waals surface area contributed by atoms with Crippen molar-refractivity contribution in [2.75, 3.05) is 6.54 Å². The molecule has 2 aromatic rings. The van der Waals surface area contributed by atoms with Crippen molar-refractivity contribution in [2.45, 2.75) is 19.4 Å². The van der Waals surface area contributed by atoms with Crippen molar-refractivity contribution in [3.63, 3.8) is 0 Å². The summed E-state index contributed by atoms with van der Waals surface area (Å²) in [5.74, 6) is 0. The molecule has 0 aliphatic rings. The fourth-order valence-electron chi connectivity index (χ4n) is 1.71. The Morgan fingerprint density at radius 3 is 3.06 bits per heavy atom. The molecular weight excluding hydrogens is 254 g/mol. The zero-order chi connectivity index (χ0) is 12.1. The molecule has 0 aromatic carbocycles. The second kappa shape index (κ2) is 6.10. The van der Waals surface area contributed by atoms with Gasteiger partial charge >= 0.3 is 0 Å². The Balaban J connectivity index is 2.20. The van der Waals surface area contributed by atoms with Gasteiger partial charge in [0.2, 0.25) is 0 Å². The van der Waals surface area contributed by atoms with Gasteiger partial charge in [0.1, 0.15) is 0 Å². The van der Waals surface area contributed by atoms with E-state index in [9.17, 15) is 0 Å². The molecule has 0 radical (unpaired) electrons. The van der Waals surface area contributed by atoms with Gasteiger partial charge in [0.05, 0.1) is 22.3 Å². The zero-order valence-electron chi connectivity index (χ0n) is 9.56. The Kier molecular flexibility index (Phi) is 4.48. The van der Waals surface area contributed by atoms with Gasteiger partial charge in [-0.1, -0.05) is 18.5 Å². The van der Waals surface area contributed by atoms with E-state index < -0.39 is 0 Å². The van der Waals surface area contributed by atoms with Gasteiger partial charge in [-0.15, -0.1) is 11.3 Å². The molecule has 3 nitrogen and oxygen atoms in total. The van der Waals surface area contributed by atoms with E-state index in [1.807, 2.05) is 23.8 Å². The monoisotopic (exact) mass is 267 g/mol. The van der Waals surface area contributed by atoms with Gasteiger partial charge in [-0.3, -0.25) is 9.97 Å². The molecule has 0 amide bonds. The smallest absolute Gasteiger partial charge is 0.0794 e. The van der Waals surface area contributed by atoms with Crippen molar-refractivity contribution in [1.29, 1.82) is 0 Å². The van der Waals surface area contributed by atoms with Crippen LogP contribution in [0.4, 0.5) is 0 Å². The summed E-state index contributed by atoms with van der Waals surface area (Å²) in [6.45, 7) is 2.97. The van der Waals surface area contributed by atoms with Crippen LogP contribution in [-0.4, -0.2) is 16.5 Å². The highest BCUT2D eigenvalue weighted by Crippen LogP contribution is 2.24. The Morgan fingerprint density at radius 2 is 2.41 bits per heavy atom. The topological polar surface area (TPSA) is 37.8 Å². The van der Waals surface area contributed by atoms with Gasteiger partial charge in [-0.05, 0) is 18.7 Å². The first-order valence-electron chi connectivity index (χ1n) is 5.52. The molecular formula is C12H14ClN3S. The van der Waals surface area contributed by atoms with Crippen LogP contribution in [0.5, 0.6) is 0 Å². The quantitative estimate of drug-likeness (QED) is 0.905. The number of hydrogen-bond donors (Lipinski definition) is 1. The van der Waals surface area contributed by atoms with E-state index in [-0.39, 0.29) is 6.04 Å². The van der Waals surface area contributed by atoms with Crippen LogP contribution < -0.4 is 5.32 Å². The molecule has 1 unspecified atom stereocenters. The molecule has 17 heavy (non-hydrogen) atoms. The van der Waals surface area contributed by atoms with Crippen molar-refractivity contribution in [1.82, 2.24) is 15.3 Å². The third kappa shape index (κ3) is 3.25. The molecule has 0 saturated heterocycles. The van der Waals surface area contributed by atoms with E-state index in [1.54, 1.807) is 17.5 Å². The summed E-state index contributed by atoms with van der Waals surface area (Å²) in [5.41, 5.74) is 2.75. The third-order valence-corrected chi connectivity index (χ3v) is 3.58. The van der Waals surface area contributed by atoms with Crippen LogP contribution in [0.3, 0.4) is 0 Å². The van der Waals surface area contributed by atoms with Gasteiger partial charge in [-0.25, -0.2) is 0 Å². The van der Waals surface area contributed by atoms with Crippen LogP contribution in [0.15, 0.2) is 30.0 Å². The van der Waals surface area contributed by atoms with Crippen LogP contribution in [-0.2, 0) is 6.42 Å². The van der Waals surface area contributed by atoms with Crippen molar-refractivity contribution >= 4 is 22.9 Å². The Morgan fingerprint density at radius 1 is 1.53 bits per heavy atom. The minimum Gasteiger partial charge on any atom is -0.309 e. The van der Waals surface area contributed by atoms with E-state index in [2.05, 4.69) is 22.2 Å². The summed E-state index contributed by atoms with van der Waals surface area (Å²) in [7, 11) is 0. The molecule has 1 N–H and O–H groups in total. The Labute approximate surface area is 110 Å². The van der Waals surface area contributed by atoms with E-state index in [0.29, 0.717) is 5.02 Å². The number of rotatable bonds is 5. The van der Waals surface area contributed by atoms with Crippen LogP contribution in [0.25, 0.3) is 0 Å². The molecule has 0 spiro atoms. The lowest BCUT2D eigenvalue weighted by atomic mass is 10.1. The number of aromatic nitrogens is 2. The van der Waals surface area contributed by atoms with Crippen molar-refractivity contribution in [3.8, 4) is 0 Å². The lowest BCUT2D eigenvalue weighted by Gasteiger charge is -2.17. The normalized spacial score (nSPS) is 12.6. The molecule has 2 aromatic heterocycles. The largest absolute Gasteiger partial charge is 0.309 e. The number of nitrogens with zero attached hydrogens (tertiary/aromatic N) is 2. The van der Waals surface area contributed by atoms with Gasteiger partial charge in [0.25, 0.3) is 0 Å². The highest BCUT2D eigenvalue weighted by atomic mass is 35.5. The summed E-state index contributed by atoms with van der Waals surface area (Å²) in [5, 5.41) is 4.12. The molecule has 1 atom stereocenters. The number of pyridine rings is 1. The van der Waals surface area contributed by atoms with Crippen LogP contribution in [0.2, 0.25) is 5.02 Å². The molecule has 0 bridgehead atoms. The Bertz CT molecular complexity index is 459. The number of hydrogen-bond acceptors (Lipinski definition) is 4. The minimum absolute atomic E-state index is 0.147. The van der Waals surface area contributed by atoms with E-state index in [4.69, 9.17) is 11.6 Å². The first kappa shape index (κ1) is 12.5.